The Morgan fingerprint density at radius 3 is 2.77 bits per heavy atom. The van der Waals surface area contributed by atoms with Crippen molar-refractivity contribution in [3.8, 4) is 0 Å². The second kappa shape index (κ2) is 7.01. The summed E-state index contributed by atoms with van der Waals surface area (Å²) in [5.41, 5.74) is -0.455. The SMILES string of the molecule is C[C@H](N[C@@H]1C=C[C@H](CO)C1)[C@@H]1CCCN1C(=O)OC(C)(C)C. The highest BCUT2D eigenvalue weighted by atomic mass is 16.6. The molecule has 1 fully saturated rings. The number of aliphatic hydroxyl groups excluding tert-OH is 1. The van der Waals surface area contributed by atoms with Gasteiger partial charge in [0.2, 0.25) is 0 Å². The molecule has 0 unspecified atom stereocenters. The standard InChI is InChI=1S/C17H30N2O3/c1-12(18-14-8-7-13(10-14)11-20)15-6-5-9-19(15)16(21)22-17(2,3)4/h7-8,12-15,18,20H,5-6,9-11H2,1-4H3/t12-,13-,14+,15-/m0/s1. The van der Waals surface area contributed by atoms with Crippen molar-refractivity contribution in [2.75, 3.05) is 13.2 Å². The minimum atomic E-state index is -0.455. The van der Waals surface area contributed by atoms with Gasteiger partial charge in [-0.1, -0.05) is 12.2 Å². The predicted octanol–water partition coefficient (Wildman–Crippen LogP) is 2.30. The maximum Gasteiger partial charge on any atom is 0.410 e. The van der Waals surface area contributed by atoms with Gasteiger partial charge in [-0.2, -0.15) is 0 Å². The molecule has 0 saturated carbocycles. The molecule has 1 saturated heterocycles. The first-order chi connectivity index (χ1) is 10.3. The van der Waals surface area contributed by atoms with E-state index in [1.807, 2.05) is 25.7 Å². The Balaban J connectivity index is 1.90. The van der Waals surface area contributed by atoms with Gasteiger partial charge in [0.1, 0.15) is 5.60 Å². The maximum absolute atomic E-state index is 12.3. The van der Waals surface area contributed by atoms with Crippen molar-refractivity contribution in [1.29, 1.82) is 0 Å². The summed E-state index contributed by atoms with van der Waals surface area (Å²) in [4.78, 5) is 14.2. The highest BCUT2D eigenvalue weighted by Gasteiger charge is 2.36. The van der Waals surface area contributed by atoms with E-state index in [0.717, 1.165) is 25.8 Å². The van der Waals surface area contributed by atoms with Crippen LogP contribution in [0.4, 0.5) is 4.79 Å². The highest BCUT2D eigenvalue weighted by Crippen LogP contribution is 2.25. The fraction of sp³-hybridized carbons (Fsp3) is 0.824. The number of ether oxygens (including phenoxy) is 1. The van der Waals surface area contributed by atoms with E-state index in [1.165, 1.54) is 0 Å². The van der Waals surface area contributed by atoms with Crippen LogP contribution in [0.5, 0.6) is 0 Å². The number of carbonyl (C=O) groups is 1. The number of nitrogens with one attached hydrogen (secondary N) is 1. The van der Waals surface area contributed by atoms with Gasteiger partial charge in [-0.25, -0.2) is 4.79 Å². The van der Waals surface area contributed by atoms with Gasteiger partial charge in [-0.3, -0.25) is 0 Å². The van der Waals surface area contributed by atoms with Crippen LogP contribution in [-0.2, 0) is 4.74 Å². The summed E-state index contributed by atoms with van der Waals surface area (Å²) < 4.78 is 5.52. The van der Waals surface area contributed by atoms with Crippen LogP contribution < -0.4 is 5.32 Å². The average molecular weight is 310 g/mol. The van der Waals surface area contributed by atoms with Crippen molar-refractivity contribution in [2.45, 2.75) is 70.7 Å². The van der Waals surface area contributed by atoms with E-state index in [9.17, 15) is 9.90 Å². The van der Waals surface area contributed by atoms with Crippen LogP contribution >= 0.6 is 0 Å². The van der Waals surface area contributed by atoms with Crippen LogP contribution in [-0.4, -0.2) is 53.0 Å². The molecule has 126 valence electrons. The van der Waals surface area contributed by atoms with Crippen molar-refractivity contribution < 1.29 is 14.6 Å². The van der Waals surface area contributed by atoms with Crippen molar-refractivity contribution in [3.63, 3.8) is 0 Å². The Labute approximate surface area is 133 Å². The molecule has 0 aromatic rings. The lowest BCUT2D eigenvalue weighted by Crippen LogP contribution is -2.51. The van der Waals surface area contributed by atoms with Crippen LogP contribution in [0.3, 0.4) is 0 Å². The largest absolute Gasteiger partial charge is 0.444 e. The number of aliphatic hydroxyl groups is 1. The van der Waals surface area contributed by atoms with Crippen molar-refractivity contribution in [3.05, 3.63) is 12.2 Å². The summed E-state index contributed by atoms with van der Waals surface area (Å²) >= 11 is 0. The van der Waals surface area contributed by atoms with Crippen LogP contribution in [0.15, 0.2) is 12.2 Å². The first-order valence-corrected chi connectivity index (χ1v) is 8.35. The third kappa shape index (κ3) is 4.46. The third-order valence-corrected chi connectivity index (χ3v) is 4.39. The maximum atomic E-state index is 12.3. The molecule has 5 nitrogen and oxygen atoms in total. The summed E-state index contributed by atoms with van der Waals surface area (Å²) in [7, 11) is 0. The monoisotopic (exact) mass is 310 g/mol. The summed E-state index contributed by atoms with van der Waals surface area (Å²) in [6.07, 6.45) is 6.96. The molecule has 0 bridgehead atoms. The van der Waals surface area contributed by atoms with Gasteiger partial charge in [-0.15, -0.1) is 0 Å². The molecule has 0 spiro atoms. The van der Waals surface area contributed by atoms with E-state index in [4.69, 9.17) is 4.74 Å². The molecular weight excluding hydrogens is 280 g/mol. The zero-order valence-corrected chi connectivity index (χ0v) is 14.2. The van der Waals surface area contributed by atoms with Gasteiger partial charge < -0.3 is 20.1 Å². The molecule has 1 aliphatic carbocycles. The van der Waals surface area contributed by atoms with E-state index in [-0.39, 0.29) is 36.7 Å². The van der Waals surface area contributed by atoms with Crippen LogP contribution in [0.25, 0.3) is 0 Å². The fourth-order valence-electron chi connectivity index (χ4n) is 3.34. The predicted molar refractivity (Wildman–Crippen MR) is 86.7 cm³/mol. The van der Waals surface area contributed by atoms with Crippen molar-refractivity contribution in [2.24, 2.45) is 5.92 Å². The van der Waals surface area contributed by atoms with E-state index in [1.54, 1.807) is 0 Å². The second-order valence-electron chi connectivity index (χ2n) is 7.51. The van der Waals surface area contributed by atoms with E-state index >= 15 is 0 Å². The molecule has 5 heteroatoms. The van der Waals surface area contributed by atoms with Gasteiger partial charge >= 0.3 is 6.09 Å². The third-order valence-electron chi connectivity index (χ3n) is 4.39. The van der Waals surface area contributed by atoms with E-state index < -0.39 is 5.60 Å². The average Bonchev–Trinajstić information content (AvgIpc) is 3.04. The number of nitrogens with zero attached hydrogens (tertiary/aromatic N) is 1. The molecule has 2 aliphatic rings. The molecule has 4 atom stereocenters. The quantitative estimate of drug-likeness (QED) is 0.782. The van der Waals surface area contributed by atoms with Crippen LogP contribution in [0.1, 0.15) is 47.0 Å². The fourth-order valence-corrected chi connectivity index (χ4v) is 3.34. The first kappa shape index (κ1) is 17.3. The van der Waals surface area contributed by atoms with Gasteiger partial charge in [0.15, 0.2) is 0 Å². The molecule has 0 aromatic carbocycles. The topological polar surface area (TPSA) is 61.8 Å². The van der Waals surface area contributed by atoms with Crippen molar-refractivity contribution >= 4 is 6.09 Å². The minimum Gasteiger partial charge on any atom is -0.444 e. The van der Waals surface area contributed by atoms with Gasteiger partial charge in [-0.05, 0) is 47.0 Å². The second-order valence-corrected chi connectivity index (χ2v) is 7.51. The molecule has 0 aromatic heterocycles. The molecule has 1 amide bonds. The van der Waals surface area contributed by atoms with E-state index in [0.29, 0.717) is 0 Å². The lowest BCUT2D eigenvalue weighted by Gasteiger charge is -2.33. The zero-order chi connectivity index (χ0) is 16.3. The number of hydrogen-bond acceptors (Lipinski definition) is 4. The number of carbonyl (C=O) groups excluding carboxylic acids is 1. The first-order valence-electron chi connectivity index (χ1n) is 8.35. The Morgan fingerprint density at radius 2 is 2.18 bits per heavy atom. The molecule has 1 aliphatic heterocycles. The normalized spacial score (nSPS) is 29.9. The number of hydrogen-bond donors (Lipinski definition) is 2. The summed E-state index contributed by atoms with van der Waals surface area (Å²) in [5.74, 6) is 0.259. The Morgan fingerprint density at radius 1 is 1.45 bits per heavy atom. The molecule has 2 rings (SSSR count). The lowest BCUT2D eigenvalue weighted by atomic mass is 10.0. The molecular formula is C17H30N2O3. The minimum absolute atomic E-state index is 0.177. The molecule has 2 N–H and O–H groups in total. The summed E-state index contributed by atoms with van der Waals surface area (Å²) in [6.45, 7) is 8.80. The zero-order valence-electron chi connectivity index (χ0n) is 14.2. The number of rotatable bonds is 4. The van der Waals surface area contributed by atoms with E-state index in [2.05, 4.69) is 24.4 Å². The van der Waals surface area contributed by atoms with Gasteiger partial charge in [0.05, 0.1) is 6.04 Å². The Hall–Kier alpha value is -1.07. The smallest absolute Gasteiger partial charge is 0.410 e. The van der Waals surface area contributed by atoms with Gasteiger partial charge in [0.25, 0.3) is 0 Å². The number of amides is 1. The highest BCUT2D eigenvalue weighted by molar-refractivity contribution is 5.69. The molecule has 0 radical (unpaired) electrons. The Bertz CT molecular complexity index is 417. The van der Waals surface area contributed by atoms with Crippen molar-refractivity contribution in [1.82, 2.24) is 10.2 Å². The molecule has 1 heterocycles. The summed E-state index contributed by atoms with van der Waals surface area (Å²) in [5, 5.41) is 12.8. The molecule has 22 heavy (non-hydrogen) atoms. The lowest BCUT2D eigenvalue weighted by molar-refractivity contribution is 0.0198. The Kier molecular flexibility index (Phi) is 5.50. The van der Waals surface area contributed by atoms with Crippen LogP contribution in [0, 0.1) is 5.92 Å². The summed E-state index contributed by atoms with van der Waals surface area (Å²) in [6, 6.07) is 0.673. The van der Waals surface area contributed by atoms with Gasteiger partial charge in [0, 0.05) is 31.2 Å². The number of likely N-dealkylation sites (tertiary alicyclic amines) is 1. The van der Waals surface area contributed by atoms with Crippen LogP contribution in [0.2, 0.25) is 0 Å².